The molecule has 1 fully saturated rings. The maximum atomic E-state index is 12.0. The third-order valence-corrected chi connectivity index (χ3v) is 4.05. The largest absolute Gasteiger partial charge is 0.354 e. The average Bonchev–Trinajstić information content (AvgIpc) is 2.99. The van der Waals surface area contributed by atoms with Crippen LogP contribution in [-0.4, -0.2) is 36.5 Å². The van der Waals surface area contributed by atoms with Crippen molar-refractivity contribution in [3.63, 3.8) is 0 Å². The lowest BCUT2D eigenvalue weighted by molar-refractivity contribution is -0.120. The molecule has 3 N–H and O–H groups in total. The summed E-state index contributed by atoms with van der Waals surface area (Å²) in [6.45, 7) is 5.71. The van der Waals surface area contributed by atoms with Crippen molar-refractivity contribution in [1.82, 2.24) is 10.2 Å². The summed E-state index contributed by atoms with van der Waals surface area (Å²) in [7, 11) is 0. The van der Waals surface area contributed by atoms with E-state index in [1.165, 1.54) is 12.8 Å². The minimum atomic E-state index is 0.0805. The Morgan fingerprint density at radius 3 is 2.60 bits per heavy atom. The Hall–Kier alpha value is -1.39. The Kier molecular flexibility index (Phi) is 5.56. The number of hydrogen-bond donors (Lipinski definition) is 2. The van der Waals surface area contributed by atoms with Crippen LogP contribution in [0.15, 0.2) is 24.3 Å². The first-order valence-electron chi connectivity index (χ1n) is 7.48. The van der Waals surface area contributed by atoms with E-state index in [1.807, 2.05) is 24.3 Å². The van der Waals surface area contributed by atoms with Gasteiger partial charge in [-0.05, 0) is 44.0 Å². The molecule has 1 aromatic carbocycles. The van der Waals surface area contributed by atoms with Gasteiger partial charge in [-0.3, -0.25) is 9.69 Å². The summed E-state index contributed by atoms with van der Waals surface area (Å²) >= 11 is 0. The number of likely N-dealkylation sites (tertiary alicyclic amines) is 1. The van der Waals surface area contributed by atoms with Crippen molar-refractivity contribution in [3.8, 4) is 0 Å². The first-order valence-corrected chi connectivity index (χ1v) is 7.48. The molecule has 0 aliphatic carbocycles. The normalized spacial score (nSPS) is 17.1. The molecule has 110 valence electrons. The second-order valence-electron chi connectivity index (χ2n) is 5.55. The van der Waals surface area contributed by atoms with Crippen LogP contribution in [0.25, 0.3) is 0 Å². The van der Waals surface area contributed by atoms with Gasteiger partial charge in [0, 0.05) is 19.1 Å². The fourth-order valence-electron chi connectivity index (χ4n) is 2.74. The van der Waals surface area contributed by atoms with E-state index in [0.717, 1.165) is 30.8 Å². The van der Waals surface area contributed by atoms with Crippen molar-refractivity contribution in [2.45, 2.75) is 38.8 Å². The summed E-state index contributed by atoms with van der Waals surface area (Å²) < 4.78 is 0. The van der Waals surface area contributed by atoms with Crippen molar-refractivity contribution in [3.05, 3.63) is 35.4 Å². The third-order valence-electron chi connectivity index (χ3n) is 4.05. The molecule has 1 aliphatic rings. The van der Waals surface area contributed by atoms with Crippen molar-refractivity contribution < 1.29 is 4.79 Å². The van der Waals surface area contributed by atoms with E-state index in [1.54, 1.807) is 0 Å². The van der Waals surface area contributed by atoms with Gasteiger partial charge in [0.05, 0.1) is 6.42 Å². The molecule has 1 amide bonds. The van der Waals surface area contributed by atoms with Crippen LogP contribution in [0, 0.1) is 0 Å². The van der Waals surface area contributed by atoms with Crippen LogP contribution >= 0.6 is 0 Å². The molecular weight excluding hydrogens is 250 g/mol. The molecule has 0 radical (unpaired) electrons. The Morgan fingerprint density at radius 2 is 1.95 bits per heavy atom. The van der Waals surface area contributed by atoms with E-state index in [4.69, 9.17) is 5.73 Å². The van der Waals surface area contributed by atoms with Gasteiger partial charge in [-0.2, -0.15) is 0 Å². The molecule has 4 heteroatoms. The molecule has 1 aliphatic heterocycles. The Balaban J connectivity index is 1.80. The first kappa shape index (κ1) is 15.0. The lowest BCUT2D eigenvalue weighted by atomic mass is 10.0. The number of rotatable bonds is 6. The number of hydrogen-bond acceptors (Lipinski definition) is 3. The zero-order valence-corrected chi connectivity index (χ0v) is 12.3. The van der Waals surface area contributed by atoms with Crippen LogP contribution in [-0.2, 0) is 17.8 Å². The molecule has 0 aromatic heterocycles. The van der Waals surface area contributed by atoms with E-state index in [0.29, 0.717) is 19.0 Å². The fraction of sp³-hybridized carbons (Fsp3) is 0.562. The van der Waals surface area contributed by atoms with E-state index >= 15 is 0 Å². The fourth-order valence-corrected chi connectivity index (χ4v) is 2.74. The van der Waals surface area contributed by atoms with Gasteiger partial charge < -0.3 is 11.1 Å². The van der Waals surface area contributed by atoms with Gasteiger partial charge in [0.2, 0.25) is 5.91 Å². The SMILES string of the molecule is CC(CNC(=O)Cc1ccccc1CN)N1CCCC1. The van der Waals surface area contributed by atoms with Gasteiger partial charge in [0.1, 0.15) is 0 Å². The highest BCUT2D eigenvalue weighted by molar-refractivity contribution is 5.78. The lowest BCUT2D eigenvalue weighted by Gasteiger charge is -2.23. The van der Waals surface area contributed by atoms with Crippen molar-refractivity contribution in [2.24, 2.45) is 5.73 Å². The highest BCUT2D eigenvalue weighted by atomic mass is 16.1. The standard InChI is InChI=1S/C16H25N3O/c1-13(19-8-4-5-9-19)12-18-16(20)10-14-6-2-3-7-15(14)11-17/h2-3,6-7,13H,4-5,8-12,17H2,1H3,(H,18,20). The van der Waals surface area contributed by atoms with E-state index in [2.05, 4.69) is 17.1 Å². The van der Waals surface area contributed by atoms with Crippen LogP contribution in [0.5, 0.6) is 0 Å². The molecule has 1 heterocycles. The average molecular weight is 275 g/mol. The molecule has 20 heavy (non-hydrogen) atoms. The van der Waals surface area contributed by atoms with Crippen molar-refractivity contribution >= 4 is 5.91 Å². The molecular formula is C16H25N3O. The van der Waals surface area contributed by atoms with Crippen LogP contribution < -0.4 is 11.1 Å². The summed E-state index contributed by atoms with van der Waals surface area (Å²) in [5.41, 5.74) is 7.77. The molecule has 0 bridgehead atoms. The zero-order valence-electron chi connectivity index (χ0n) is 12.3. The van der Waals surface area contributed by atoms with Gasteiger partial charge in [-0.25, -0.2) is 0 Å². The molecule has 4 nitrogen and oxygen atoms in total. The Labute approximate surface area is 121 Å². The van der Waals surface area contributed by atoms with Crippen molar-refractivity contribution in [2.75, 3.05) is 19.6 Å². The summed E-state index contributed by atoms with van der Waals surface area (Å²) in [6, 6.07) is 8.29. The number of nitrogens with one attached hydrogen (secondary N) is 1. The predicted octanol–water partition coefficient (Wildman–Crippen LogP) is 1.29. The number of carbonyl (C=O) groups is 1. The third kappa shape index (κ3) is 4.05. The molecule has 1 saturated heterocycles. The molecule has 1 aromatic rings. The molecule has 2 rings (SSSR count). The summed E-state index contributed by atoms with van der Waals surface area (Å²) in [5, 5.41) is 3.04. The van der Waals surface area contributed by atoms with E-state index in [-0.39, 0.29) is 5.91 Å². The highest BCUT2D eigenvalue weighted by Gasteiger charge is 2.18. The zero-order chi connectivity index (χ0) is 14.4. The van der Waals surface area contributed by atoms with Crippen LogP contribution in [0.1, 0.15) is 30.9 Å². The topological polar surface area (TPSA) is 58.4 Å². The maximum absolute atomic E-state index is 12.0. The van der Waals surface area contributed by atoms with Crippen LogP contribution in [0.4, 0.5) is 0 Å². The molecule has 0 saturated carbocycles. The van der Waals surface area contributed by atoms with Crippen LogP contribution in [0.2, 0.25) is 0 Å². The highest BCUT2D eigenvalue weighted by Crippen LogP contribution is 2.11. The maximum Gasteiger partial charge on any atom is 0.224 e. The smallest absolute Gasteiger partial charge is 0.224 e. The molecule has 1 unspecified atom stereocenters. The molecule has 0 spiro atoms. The van der Waals surface area contributed by atoms with Gasteiger partial charge in [-0.1, -0.05) is 24.3 Å². The van der Waals surface area contributed by atoms with E-state index in [9.17, 15) is 4.79 Å². The monoisotopic (exact) mass is 275 g/mol. The minimum absolute atomic E-state index is 0.0805. The summed E-state index contributed by atoms with van der Waals surface area (Å²) in [5.74, 6) is 0.0805. The molecule has 1 atom stereocenters. The predicted molar refractivity (Wildman–Crippen MR) is 81.3 cm³/mol. The summed E-state index contributed by atoms with van der Waals surface area (Å²) in [6.07, 6.45) is 2.98. The number of benzene rings is 1. The number of amides is 1. The second-order valence-corrected chi connectivity index (χ2v) is 5.55. The number of nitrogens with two attached hydrogens (primary N) is 1. The number of nitrogens with zero attached hydrogens (tertiary/aromatic N) is 1. The van der Waals surface area contributed by atoms with Gasteiger partial charge in [0.15, 0.2) is 0 Å². The van der Waals surface area contributed by atoms with Crippen molar-refractivity contribution in [1.29, 1.82) is 0 Å². The van der Waals surface area contributed by atoms with E-state index < -0.39 is 0 Å². The Bertz CT molecular complexity index is 441. The minimum Gasteiger partial charge on any atom is -0.354 e. The number of carbonyl (C=O) groups excluding carboxylic acids is 1. The second kappa shape index (κ2) is 7.41. The quantitative estimate of drug-likeness (QED) is 0.822. The first-order chi connectivity index (χ1) is 9.70. The lowest BCUT2D eigenvalue weighted by Crippen LogP contribution is -2.41. The van der Waals surface area contributed by atoms with Crippen LogP contribution in [0.3, 0.4) is 0 Å². The van der Waals surface area contributed by atoms with Gasteiger partial charge in [-0.15, -0.1) is 0 Å². The summed E-state index contributed by atoms with van der Waals surface area (Å²) in [4.78, 5) is 14.5. The van der Waals surface area contributed by atoms with Gasteiger partial charge >= 0.3 is 0 Å². The van der Waals surface area contributed by atoms with Gasteiger partial charge in [0.25, 0.3) is 0 Å². The Morgan fingerprint density at radius 1 is 1.30 bits per heavy atom.